The normalized spacial score (nSPS) is 11.0. The predicted molar refractivity (Wildman–Crippen MR) is 91.8 cm³/mol. The van der Waals surface area contributed by atoms with Crippen molar-refractivity contribution >= 4 is 11.6 Å². The maximum absolute atomic E-state index is 5.71. The largest absolute Gasteiger partial charge is 0.339 e. The van der Waals surface area contributed by atoms with E-state index in [0.717, 1.165) is 25.1 Å². The molecule has 0 aliphatic carbocycles. The Morgan fingerprint density at radius 3 is 2.09 bits per heavy atom. The van der Waals surface area contributed by atoms with Gasteiger partial charge in [0, 0.05) is 24.6 Å². The minimum Gasteiger partial charge on any atom is -0.339 e. The van der Waals surface area contributed by atoms with Crippen LogP contribution in [0.15, 0.2) is 65.2 Å². The molecule has 3 nitrogen and oxygen atoms in total. The molecule has 3 aromatic rings. The van der Waals surface area contributed by atoms with E-state index in [4.69, 9.17) is 16.1 Å². The van der Waals surface area contributed by atoms with Crippen LogP contribution in [0, 0.1) is 0 Å². The van der Waals surface area contributed by atoms with Gasteiger partial charge in [0.1, 0.15) is 0 Å². The Labute approximate surface area is 141 Å². The van der Waals surface area contributed by atoms with Gasteiger partial charge in [-0.15, -0.1) is 11.6 Å². The summed E-state index contributed by atoms with van der Waals surface area (Å²) in [4.78, 5) is 4.50. The topological polar surface area (TPSA) is 38.9 Å². The second-order valence-electron chi connectivity index (χ2n) is 5.47. The van der Waals surface area contributed by atoms with Gasteiger partial charge >= 0.3 is 0 Å². The summed E-state index contributed by atoms with van der Waals surface area (Å²) in [6.07, 6.45) is 2.31. The monoisotopic (exact) mass is 326 g/mol. The number of rotatable bonds is 7. The summed E-state index contributed by atoms with van der Waals surface area (Å²) in [6.45, 7) is 0. The second kappa shape index (κ2) is 7.93. The van der Waals surface area contributed by atoms with E-state index < -0.39 is 0 Å². The van der Waals surface area contributed by atoms with Gasteiger partial charge in [0.2, 0.25) is 5.89 Å². The zero-order valence-electron chi connectivity index (χ0n) is 12.9. The second-order valence-corrected chi connectivity index (χ2v) is 5.85. The molecular weight excluding hydrogens is 308 g/mol. The molecule has 2 aromatic carbocycles. The Kier molecular flexibility index (Phi) is 5.43. The third-order valence-corrected chi connectivity index (χ3v) is 4.09. The standard InChI is InChI=1S/C19H19ClN2O/c20-13-7-12-19-21-18(22-23-19)14-17(15-8-3-1-4-9-15)16-10-5-2-6-11-16/h1-6,8-11,17H,7,12-14H2. The summed E-state index contributed by atoms with van der Waals surface area (Å²) in [6, 6.07) is 20.9. The molecule has 0 amide bonds. The van der Waals surface area contributed by atoms with E-state index in [1.807, 2.05) is 12.1 Å². The highest BCUT2D eigenvalue weighted by molar-refractivity contribution is 6.17. The van der Waals surface area contributed by atoms with Gasteiger partial charge in [-0.05, 0) is 17.5 Å². The Bertz CT molecular complexity index is 673. The van der Waals surface area contributed by atoms with Crippen LogP contribution in [0.4, 0.5) is 0 Å². The summed E-state index contributed by atoms with van der Waals surface area (Å²) in [5.74, 6) is 2.23. The lowest BCUT2D eigenvalue weighted by molar-refractivity contribution is 0.371. The van der Waals surface area contributed by atoms with E-state index in [9.17, 15) is 0 Å². The fourth-order valence-electron chi connectivity index (χ4n) is 2.67. The molecule has 0 atom stereocenters. The first-order valence-electron chi connectivity index (χ1n) is 7.84. The zero-order valence-corrected chi connectivity index (χ0v) is 13.6. The lowest BCUT2D eigenvalue weighted by Gasteiger charge is -2.16. The average Bonchev–Trinajstić information content (AvgIpc) is 3.07. The lowest BCUT2D eigenvalue weighted by Crippen LogP contribution is -2.06. The molecule has 0 spiro atoms. The molecule has 4 heteroatoms. The van der Waals surface area contributed by atoms with Crippen LogP contribution >= 0.6 is 11.6 Å². The van der Waals surface area contributed by atoms with Crippen molar-refractivity contribution < 1.29 is 4.52 Å². The van der Waals surface area contributed by atoms with Gasteiger partial charge in [-0.3, -0.25) is 0 Å². The van der Waals surface area contributed by atoms with E-state index in [-0.39, 0.29) is 5.92 Å². The third kappa shape index (κ3) is 4.20. The molecule has 0 unspecified atom stereocenters. The summed E-state index contributed by atoms with van der Waals surface area (Å²) >= 11 is 5.71. The van der Waals surface area contributed by atoms with E-state index in [1.165, 1.54) is 11.1 Å². The molecule has 0 aliphatic rings. The molecule has 0 radical (unpaired) electrons. The first-order chi connectivity index (χ1) is 11.4. The quantitative estimate of drug-likeness (QED) is 0.595. The SMILES string of the molecule is ClCCCc1nc(CC(c2ccccc2)c2ccccc2)no1. The summed E-state index contributed by atoms with van der Waals surface area (Å²) in [5.41, 5.74) is 2.51. The number of alkyl halides is 1. The van der Waals surface area contributed by atoms with Gasteiger partial charge in [-0.25, -0.2) is 0 Å². The maximum atomic E-state index is 5.71. The molecule has 118 valence electrons. The van der Waals surface area contributed by atoms with Gasteiger partial charge in [-0.2, -0.15) is 4.98 Å². The third-order valence-electron chi connectivity index (χ3n) is 3.83. The predicted octanol–water partition coefficient (Wildman–Crippen LogP) is 4.62. The number of nitrogens with zero attached hydrogens (tertiary/aromatic N) is 2. The van der Waals surface area contributed by atoms with Crippen LogP contribution < -0.4 is 0 Å². The van der Waals surface area contributed by atoms with Crippen LogP contribution in [0.5, 0.6) is 0 Å². The Hall–Kier alpha value is -2.13. The highest BCUT2D eigenvalue weighted by Crippen LogP contribution is 2.27. The van der Waals surface area contributed by atoms with Crippen molar-refractivity contribution in [3.05, 3.63) is 83.5 Å². The Balaban J connectivity index is 1.83. The van der Waals surface area contributed by atoms with Crippen LogP contribution in [0.2, 0.25) is 0 Å². The molecule has 0 saturated heterocycles. The molecular formula is C19H19ClN2O. The molecule has 0 saturated carbocycles. The van der Waals surface area contributed by atoms with Gasteiger partial charge in [0.25, 0.3) is 0 Å². The molecule has 0 N–H and O–H groups in total. The molecule has 3 rings (SSSR count). The Morgan fingerprint density at radius 2 is 1.52 bits per heavy atom. The van der Waals surface area contributed by atoms with Crippen molar-refractivity contribution in [2.45, 2.75) is 25.2 Å². The number of hydrogen-bond donors (Lipinski definition) is 0. The molecule has 0 fully saturated rings. The fraction of sp³-hybridized carbons (Fsp3) is 0.263. The number of hydrogen-bond acceptors (Lipinski definition) is 3. The van der Waals surface area contributed by atoms with Crippen molar-refractivity contribution in [1.29, 1.82) is 0 Å². The van der Waals surface area contributed by atoms with E-state index in [0.29, 0.717) is 11.8 Å². The lowest BCUT2D eigenvalue weighted by atomic mass is 9.88. The number of benzene rings is 2. The first kappa shape index (κ1) is 15.8. The van der Waals surface area contributed by atoms with Crippen molar-refractivity contribution in [1.82, 2.24) is 10.1 Å². The highest BCUT2D eigenvalue weighted by atomic mass is 35.5. The van der Waals surface area contributed by atoms with Gasteiger partial charge in [0.15, 0.2) is 5.82 Å². The number of aryl methyl sites for hydroxylation is 1. The van der Waals surface area contributed by atoms with Crippen molar-refractivity contribution in [2.75, 3.05) is 5.88 Å². The van der Waals surface area contributed by atoms with Gasteiger partial charge in [0.05, 0.1) is 0 Å². The van der Waals surface area contributed by atoms with E-state index in [2.05, 4.69) is 58.7 Å². The first-order valence-corrected chi connectivity index (χ1v) is 8.37. The van der Waals surface area contributed by atoms with E-state index >= 15 is 0 Å². The highest BCUT2D eigenvalue weighted by Gasteiger charge is 2.18. The van der Waals surface area contributed by atoms with Gasteiger partial charge < -0.3 is 4.52 Å². The van der Waals surface area contributed by atoms with Crippen LogP contribution in [-0.2, 0) is 12.8 Å². The summed E-state index contributed by atoms with van der Waals surface area (Å²) in [5, 5.41) is 4.13. The zero-order chi connectivity index (χ0) is 15.9. The van der Waals surface area contributed by atoms with Gasteiger partial charge in [-0.1, -0.05) is 65.8 Å². The molecule has 1 aromatic heterocycles. The summed E-state index contributed by atoms with van der Waals surface area (Å²) < 4.78 is 5.32. The van der Waals surface area contributed by atoms with Crippen molar-refractivity contribution in [3.8, 4) is 0 Å². The fourth-order valence-corrected chi connectivity index (χ4v) is 2.81. The average molecular weight is 327 g/mol. The molecule has 23 heavy (non-hydrogen) atoms. The number of halogens is 1. The Morgan fingerprint density at radius 1 is 0.913 bits per heavy atom. The molecule has 0 aliphatic heterocycles. The van der Waals surface area contributed by atoms with Crippen molar-refractivity contribution in [3.63, 3.8) is 0 Å². The minimum atomic E-state index is 0.218. The molecule has 0 bridgehead atoms. The number of aromatic nitrogens is 2. The van der Waals surface area contributed by atoms with Crippen LogP contribution in [0.25, 0.3) is 0 Å². The van der Waals surface area contributed by atoms with Crippen molar-refractivity contribution in [2.24, 2.45) is 0 Å². The smallest absolute Gasteiger partial charge is 0.226 e. The van der Waals surface area contributed by atoms with E-state index in [1.54, 1.807) is 0 Å². The molecule has 1 heterocycles. The maximum Gasteiger partial charge on any atom is 0.226 e. The van der Waals surface area contributed by atoms with Crippen LogP contribution in [-0.4, -0.2) is 16.0 Å². The minimum absolute atomic E-state index is 0.218. The summed E-state index contributed by atoms with van der Waals surface area (Å²) in [7, 11) is 0. The van der Waals surface area contributed by atoms with Crippen LogP contribution in [0.3, 0.4) is 0 Å². The van der Waals surface area contributed by atoms with Crippen LogP contribution in [0.1, 0.15) is 35.2 Å².